The topological polar surface area (TPSA) is 96.9 Å². The zero-order chi connectivity index (χ0) is 16.8. The Morgan fingerprint density at radius 2 is 2.17 bits per heavy atom. The van der Waals surface area contributed by atoms with Gasteiger partial charge in [0, 0.05) is 30.6 Å². The zero-order valence-corrected chi connectivity index (χ0v) is 13.3. The Bertz CT molecular complexity index is 588. The van der Waals surface area contributed by atoms with E-state index in [0.29, 0.717) is 6.61 Å². The molecule has 0 bridgehead atoms. The molecule has 0 fully saturated rings. The minimum atomic E-state index is -0.950. The van der Waals surface area contributed by atoms with Crippen molar-refractivity contribution < 1.29 is 24.2 Å². The van der Waals surface area contributed by atoms with Crippen molar-refractivity contribution in [2.24, 2.45) is 0 Å². The van der Waals surface area contributed by atoms with E-state index in [4.69, 9.17) is 14.6 Å². The average Bonchev–Trinajstić information content (AvgIpc) is 2.83. The van der Waals surface area contributed by atoms with Gasteiger partial charge in [-0.25, -0.2) is 4.79 Å². The standard InChI is InChI=1S/C16H22N2O5/c1-3-22-13-7-11-6-10(2)23-14(11)8-12(13)9-18-16(21)17-5-4-15(19)20/h7-8,10H,3-6,9H2,1-2H3,(H,19,20)(H2,17,18,21). The molecule has 0 radical (unpaired) electrons. The summed E-state index contributed by atoms with van der Waals surface area (Å²) in [6.45, 7) is 4.81. The molecule has 1 aliphatic heterocycles. The molecular weight excluding hydrogens is 300 g/mol. The summed E-state index contributed by atoms with van der Waals surface area (Å²) >= 11 is 0. The minimum absolute atomic E-state index is 0.0876. The van der Waals surface area contributed by atoms with Crippen LogP contribution >= 0.6 is 0 Å². The second-order valence-electron chi connectivity index (χ2n) is 5.39. The summed E-state index contributed by atoms with van der Waals surface area (Å²) in [4.78, 5) is 22.1. The normalized spacial score (nSPS) is 15.5. The molecule has 1 aliphatic rings. The van der Waals surface area contributed by atoms with E-state index in [0.717, 1.165) is 29.0 Å². The third kappa shape index (κ3) is 4.77. The highest BCUT2D eigenvalue weighted by Crippen LogP contribution is 2.35. The molecule has 2 rings (SSSR count). The largest absolute Gasteiger partial charge is 0.494 e. The van der Waals surface area contributed by atoms with E-state index in [1.165, 1.54) is 0 Å². The molecule has 0 saturated heterocycles. The molecule has 1 atom stereocenters. The lowest BCUT2D eigenvalue weighted by Crippen LogP contribution is -2.36. The van der Waals surface area contributed by atoms with E-state index in [9.17, 15) is 9.59 Å². The van der Waals surface area contributed by atoms with Crippen LogP contribution in [-0.4, -0.2) is 36.4 Å². The first-order valence-electron chi connectivity index (χ1n) is 7.68. The number of amides is 2. The van der Waals surface area contributed by atoms with Gasteiger partial charge < -0.3 is 25.2 Å². The number of ether oxygens (including phenoxy) is 2. The van der Waals surface area contributed by atoms with Gasteiger partial charge in [0.25, 0.3) is 0 Å². The predicted molar refractivity (Wildman–Crippen MR) is 83.9 cm³/mol. The first-order chi connectivity index (χ1) is 11.0. The number of carboxylic acids is 1. The van der Waals surface area contributed by atoms with Gasteiger partial charge in [0.05, 0.1) is 13.0 Å². The van der Waals surface area contributed by atoms with Crippen LogP contribution in [0.15, 0.2) is 12.1 Å². The fourth-order valence-electron chi connectivity index (χ4n) is 2.43. The maximum Gasteiger partial charge on any atom is 0.315 e. The van der Waals surface area contributed by atoms with Gasteiger partial charge in [0.15, 0.2) is 0 Å². The number of carbonyl (C=O) groups excluding carboxylic acids is 1. The van der Waals surface area contributed by atoms with Crippen molar-refractivity contribution in [2.45, 2.75) is 39.3 Å². The second-order valence-corrected chi connectivity index (χ2v) is 5.39. The fourth-order valence-corrected chi connectivity index (χ4v) is 2.43. The lowest BCUT2D eigenvalue weighted by molar-refractivity contribution is -0.136. The van der Waals surface area contributed by atoms with Gasteiger partial charge in [-0.1, -0.05) is 0 Å². The molecule has 0 aliphatic carbocycles. The van der Waals surface area contributed by atoms with Crippen LogP contribution in [0.25, 0.3) is 0 Å². The van der Waals surface area contributed by atoms with Crippen LogP contribution in [0.3, 0.4) is 0 Å². The van der Waals surface area contributed by atoms with Crippen LogP contribution in [0.4, 0.5) is 4.79 Å². The number of rotatable bonds is 7. The van der Waals surface area contributed by atoms with Gasteiger partial charge in [-0.2, -0.15) is 0 Å². The molecule has 1 heterocycles. The van der Waals surface area contributed by atoms with E-state index in [1.54, 1.807) is 0 Å². The Morgan fingerprint density at radius 1 is 1.39 bits per heavy atom. The number of carbonyl (C=O) groups is 2. The van der Waals surface area contributed by atoms with Gasteiger partial charge in [-0.3, -0.25) is 4.79 Å². The third-order valence-corrected chi connectivity index (χ3v) is 3.44. The Hall–Kier alpha value is -2.44. The van der Waals surface area contributed by atoms with Crippen LogP contribution in [0, 0.1) is 0 Å². The molecule has 0 saturated carbocycles. The number of hydrogen-bond acceptors (Lipinski definition) is 4. The average molecular weight is 322 g/mol. The number of aliphatic carboxylic acids is 1. The first-order valence-corrected chi connectivity index (χ1v) is 7.68. The molecule has 1 aromatic carbocycles. The van der Waals surface area contributed by atoms with Crippen molar-refractivity contribution in [3.63, 3.8) is 0 Å². The van der Waals surface area contributed by atoms with E-state index in [1.807, 2.05) is 26.0 Å². The Kier molecular flexibility index (Phi) is 5.67. The van der Waals surface area contributed by atoms with Crippen molar-refractivity contribution in [1.29, 1.82) is 0 Å². The summed E-state index contributed by atoms with van der Waals surface area (Å²) in [5, 5.41) is 13.7. The number of nitrogens with one attached hydrogen (secondary N) is 2. The van der Waals surface area contributed by atoms with Gasteiger partial charge in [-0.15, -0.1) is 0 Å². The first kappa shape index (κ1) is 16.9. The summed E-state index contributed by atoms with van der Waals surface area (Å²) in [6.07, 6.45) is 0.878. The number of fused-ring (bicyclic) bond motifs is 1. The van der Waals surface area contributed by atoms with E-state index in [2.05, 4.69) is 10.6 Å². The van der Waals surface area contributed by atoms with Crippen molar-refractivity contribution in [3.05, 3.63) is 23.3 Å². The SMILES string of the molecule is CCOc1cc2c(cc1CNC(=O)NCCC(=O)O)OC(C)C2. The van der Waals surface area contributed by atoms with Crippen molar-refractivity contribution in [1.82, 2.24) is 10.6 Å². The summed E-state index contributed by atoms with van der Waals surface area (Å²) in [7, 11) is 0. The van der Waals surface area contributed by atoms with Gasteiger partial charge in [-0.05, 0) is 26.0 Å². The molecule has 126 valence electrons. The molecule has 2 amide bonds. The highest BCUT2D eigenvalue weighted by atomic mass is 16.5. The molecule has 0 spiro atoms. The molecule has 0 aromatic heterocycles. The zero-order valence-electron chi connectivity index (χ0n) is 13.3. The number of urea groups is 1. The molecular formula is C16H22N2O5. The summed E-state index contributed by atoms with van der Waals surface area (Å²) < 4.78 is 11.4. The smallest absolute Gasteiger partial charge is 0.315 e. The molecule has 1 aromatic rings. The van der Waals surface area contributed by atoms with E-state index < -0.39 is 12.0 Å². The summed E-state index contributed by atoms with van der Waals surface area (Å²) in [6, 6.07) is 3.44. The van der Waals surface area contributed by atoms with E-state index >= 15 is 0 Å². The summed E-state index contributed by atoms with van der Waals surface area (Å²) in [5.41, 5.74) is 1.93. The van der Waals surface area contributed by atoms with Crippen LogP contribution in [0.1, 0.15) is 31.4 Å². The number of carboxylic acid groups (broad SMARTS) is 1. The van der Waals surface area contributed by atoms with Crippen molar-refractivity contribution in [2.75, 3.05) is 13.2 Å². The monoisotopic (exact) mass is 322 g/mol. The van der Waals surface area contributed by atoms with Crippen LogP contribution in [0.2, 0.25) is 0 Å². The molecule has 7 nitrogen and oxygen atoms in total. The number of hydrogen-bond donors (Lipinski definition) is 3. The van der Waals surface area contributed by atoms with Crippen LogP contribution in [0.5, 0.6) is 11.5 Å². The van der Waals surface area contributed by atoms with Crippen LogP contribution in [-0.2, 0) is 17.8 Å². The molecule has 23 heavy (non-hydrogen) atoms. The number of benzene rings is 1. The third-order valence-electron chi connectivity index (χ3n) is 3.44. The highest BCUT2D eigenvalue weighted by molar-refractivity contribution is 5.75. The van der Waals surface area contributed by atoms with Crippen LogP contribution < -0.4 is 20.1 Å². The molecule has 3 N–H and O–H groups in total. The quantitative estimate of drug-likeness (QED) is 0.710. The van der Waals surface area contributed by atoms with Crippen molar-refractivity contribution in [3.8, 4) is 11.5 Å². The fraction of sp³-hybridized carbons (Fsp3) is 0.500. The Balaban J connectivity index is 1.97. The van der Waals surface area contributed by atoms with E-state index in [-0.39, 0.29) is 25.6 Å². The minimum Gasteiger partial charge on any atom is -0.494 e. The maximum absolute atomic E-state index is 11.7. The second kappa shape index (κ2) is 7.71. The molecule has 1 unspecified atom stereocenters. The predicted octanol–water partition coefficient (Wildman–Crippen LogP) is 1.68. The van der Waals surface area contributed by atoms with Gasteiger partial charge >= 0.3 is 12.0 Å². The Labute approximate surface area is 135 Å². The van der Waals surface area contributed by atoms with Gasteiger partial charge in [0.1, 0.15) is 17.6 Å². The van der Waals surface area contributed by atoms with Crippen molar-refractivity contribution >= 4 is 12.0 Å². The lowest BCUT2D eigenvalue weighted by atomic mass is 10.1. The lowest BCUT2D eigenvalue weighted by Gasteiger charge is -2.13. The van der Waals surface area contributed by atoms with Gasteiger partial charge in [0.2, 0.25) is 0 Å². The Morgan fingerprint density at radius 3 is 2.87 bits per heavy atom. The summed E-state index contributed by atoms with van der Waals surface area (Å²) in [5.74, 6) is 0.604. The highest BCUT2D eigenvalue weighted by Gasteiger charge is 2.22. The molecule has 7 heteroatoms. The maximum atomic E-state index is 11.7.